The van der Waals surface area contributed by atoms with Crippen LogP contribution in [0.4, 0.5) is 0 Å². The Morgan fingerprint density at radius 3 is 1.43 bits per heavy atom. The van der Waals surface area contributed by atoms with Crippen molar-refractivity contribution in [3.05, 3.63) is 89.5 Å². The molecule has 16 unspecified atom stereocenters. The summed E-state index contributed by atoms with van der Waals surface area (Å²) in [4.78, 5) is 46.6. The number of fused-ring (bicyclic) bond motifs is 8. The van der Waals surface area contributed by atoms with E-state index in [2.05, 4.69) is 19.9 Å². The fourth-order valence-corrected chi connectivity index (χ4v) is 19.0. The molecule has 2 heterocycles. The van der Waals surface area contributed by atoms with E-state index in [1.807, 2.05) is 59.7 Å². The summed E-state index contributed by atoms with van der Waals surface area (Å²) in [5, 5.41) is 18.9. The largest absolute Gasteiger partial charge is 1.00 e. The molecule has 83 heavy (non-hydrogen) atoms. The molecule has 0 aromatic heterocycles. The van der Waals surface area contributed by atoms with Gasteiger partial charge in [0.1, 0.15) is 34.2 Å². The van der Waals surface area contributed by atoms with Gasteiger partial charge in [-0.15, -0.1) is 0 Å². The van der Waals surface area contributed by atoms with Gasteiger partial charge in [0.25, 0.3) is 0 Å². The smallest absolute Gasteiger partial charge is 0.508 e. The number of phenols is 2. The van der Waals surface area contributed by atoms with E-state index < -0.39 is 21.6 Å². The van der Waals surface area contributed by atoms with Gasteiger partial charge < -0.3 is 14.4 Å². The Morgan fingerprint density at radius 2 is 0.976 bits per heavy atom. The molecule has 11 fully saturated rings. The summed E-state index contributed by atoms with van der Waals surface area (Å²) in [6, 6.07) is 20.8. The van der Waals surface area contributed by atoms with Crippen molar-refractivity contribution >= 4 is 22.0 Å². The Bertz CT molecular complexity index is 2700. The Labute approximate surface area is 521 Å². The van der Waals surface area contributed by atoms with E-state index in [9.17, 15) is 23.1 Å². The second-order valence-corrected chi connectivity index (χ2v) is 26.6. The minimum atomic E-state index is -4.56. The van der Waals surface area contributed by atoms with Gasteiger partial charge >= 0.3 is 40.0 Å². The zero-order valence-corrected chi connectivity index (χ0v) is 55.1. The normalized spacial score (nSPS) is 37.3. The maximum Gasteiger partial charge on any atom is 1.00 e. The van der Waals surface area contributed by atoms with Crippen LogP contribution in [0.5, 0.6) is 17.2 Å². The van der Waals surface area contributed by atoms with Crippen molar-refractivity contribution in [1.82, 2.24) is 0 Å². The van der Waals surface area contributed by atoms with Crippen molar-refractivity contribution in [3.63, 3.8) is 0 Å². The second kappa shape index (κ2) is 29.4. The molecule has 3 aromatic carbocycles. The van der Waals surface area contributed by atoms with Gasteiger partial charge in [0.05, 0.1) is 0 Å². The van der Waals surface area contributed by atoms with Crippen LogP contribution in [-0.2, 0) is 45.9 Å². The fraction of sp³-hybridized carbons (Fsp3) is 0.710. The Balaban J connectivity index is 0.000000163. The Hall–Kier alpha value is -2.85. The maximum atomic E-state index is 12.1. The van der Waals surface area contributed by atoms with Crippen LogP contribution in [0.25, 0.3) is 0 Å². The van der Waals surface area contributed by atoms with Crippen LogP contribution in [0.3, 0.4) is 0 Å². The van der Waals surface area contributed by atoms with Gasteiger partial charge in [-0.1, -0.05) is 155 Å². The average molecular weight is 1180 g/mol. The quantitative estimate of drug-likeness (QED) is 0.0956. The van der Waals surface area contributed by atoms with E-state index in [-0.39, 0.29) is 58.0 Å². The predicted octanol–water partition coefficient (Wildman–Crippen LogP) is 14.2. The predicted molar refractivity (Wildman–Crippen MR) is 321 cm³/mol. The van der Waals surface area contributed by atoms with Crippen LogP contribution >= 0.6 is 0 Å². The fourth-order valence-electron chi connectivity index (χ4n) is 18.7. The third kappa shape index (κ3) is 13.5. The first-order chi connectivity index (χ1) is 39.5. The average Bonchev–Trinajstić information content (AvgIpc) is 1.42. The summed E-state index contributed by atoms with van der Waals surface area (Å²) in [7, 11) is -4.56. The van der Waals surface area contributed by atoms with Gasteiger partial charge in [-0.3, -0.25) is 14.1 Å². The van der Waals surface area contributed by atoms with Crippen LogP contribution in [0.15, 0.2) is 72.8 Å². The number of hydrogen-bond donors (Lipinski definition) is 3. The van der Waals surface area contributed by atoms with Crippen LogP contribution in [-0.4, -0.2) is 46.0 Å². The Kier molecular flexibility index (Phi) is 24.0. The number of Topliss-reactive ketones (excluding diaryl/α,β-unsaturated/α-hetero) is 2. The van der Waals surface area contributed by atoms with Crippen molar-refractivity contribution < 1.29 is 86.1 Å². The molecule has 2 spiro atoms. The summed E-state index contributed by atoms with van der Waals surface area (Å²) < 4.78 is 36.0. The maximum absolute atomic E-state index is 12.1. The summed E-state index contributed by atoms with van der Waals surface area (Å²) >= 11 is 0. The van der Waals surface area contributed by atoms with Crippen molar-refractivity contribution in [2.45, 2.75) is 239 Å². The van der Waals surface area contributed by atoms with E-state index >= 15 is 0 Å². The molecule has 12 nitrogen and oxygen atoms in total. The van der Waals surface area contributed by atoms with Crippen LogP contribution in [0, 0.1) is 71.0 Å². The number of aromatic hydroxyl groups is 2. The minimum Gasteiger partial charge on any atom is -0.508 e. The Morgan fingerprint density at radius 1 is 0.530 bits per heavy atom. The zero-order chi connectivity index (χ0) is 59.0. The number of rotatable bonds is 5. The third-order valence-electron chi connectivity index (χ3n) is 21.9. The van der Waals surface area contributed by atoms with Crippen LogP contribution in [0.2, 0.25) is 0 Å². The first-order valence-corrected chi connectivity index (χ1v) is 34.1. The molecule has 456 valence electrons. The van der Waals surface area contributed by atoms with Gasteiger partial charge in [0.2, 0.25) is 0 Å². The van der Waals surface area contributed by atoms with Gasteiger partial charge in [-0.2, -0.15) is 8.42 Å². The molecule has 3 aromatic rings. The monoisotopic (exact) mass is 1180 g/mol. The molecule has 0 radical (unpaired) electrons. The number of benzene rings is 3. The molecule has 14 heteroatoms. The summed E-state index contributed by atoms with van der Waals surface area (Å²) in [5.74, 6) is 9.17. The molecule has 0 amide bonds. The summed E-state index contributed by atoms with van der Waals surface area (Å²) in [5.41, 5.74) is 0.831. The molecule has 9 aliphatic carbocycles. The summed E-state index contributed by atoms with van der Waals surface area (Å²) in [6.07, 6.45) is 31.3. The van der Waals surface area contributed by atoms with Crippen molar-refractivity contribution in [1.29, 1.82) is 0 Å². The van der Waals surface area contributed by atoms with Gasteiger partial charge in [0.15, 0.2) is 17.0 Å². The number of ketones is 2. The summed E-state index contributed by atoms with van der Waals surface area (Å²) in [6.45, 7) is 17.7. The van der Waals surface area contributed by atoms with Crippen molar-refractivity contribution in [2.24, 2.45) is 71.0 Å². The van der Waals surface area contributed by atoms with Crippen molar-refractivity contribution in [2.75, 3.05) is 0 Å². The molecule has 2 saturated heterocycles. The molecular formula is C69H102NaO12S+. The molecule has 9 saturated carbocycles. The van der Waals surface area contributed by atoms with E-state index in [0.29, 0.717) is 58.5 Å². The SMILES string of the molecule is CC.CC.CC.CC(=O)c1cccc(O)c1.CC1(c2cccc(O)c2)OOC12C1CCCC2C2CCCCC2C1.CC1(c2cccc(OS(=O)(=O)O)c2)OOC12C1CCCC2C2CCCCC2C1.O=C1C2CCCC1C1CCCCC1C2.[Na+]. The number of carbonyl (C=O) groups is 2. The van der Waals surface area contributed by atoms with E-state index in [0.717, 1.165) is 53.6 Å². The zero-order valence-electron chi connectivity index (χ0n) is 52.3. The molecular weight excluding hydrogens is 1080 g/mol. The topological polar surface area (TPSA) is 175 Å². The molecule has 14 rings (SSSR count). The van der Waals surface area contributed by atoms with Crippen LogP contribution < -0.4 is 33.7 Å². The minimum absolute atomic E-state index is 0. The standard InChI is InChI=1S/C21H28O6S.C21H28O3.C13H20O.C8H8O2.3C2H6.Na/c1-20(15-7-4-9-17(13-15)25-28(22,23)24)21(27-26-20)16-8-5-11-19(21)18-10-3-2-6-14(18)12-16;1-20(15-7-4-9-17(22)13-15)21(24-23-20)16-8-5-11-19(21)18-10-3-2-6-14(18)12-16;14-13-10-5-3-7-12(13)11-6-2-1-4-9(11)8-10;1-6(9)7-3-2-4-8(10)5-7;3*1-2;/h4,7,9,13-14,16,18-19H,2-3,5-6,8,10-12H2,1H3,(H,22,23,24);4,7,9,13-14,16,18-19,22H,2-3,5-6,8,10-12H2,1H3;9-12H,1-8H2;2-5,10H,1H3;3*1-2H3;/q;;;;;;;+1. The van der Waals surface area contributed by atoms with E-state index in [4.69, 9.17) is 33.4 Å². The number of carbonyl (C=O) groups excluding carboxylic acids is 2. The van der Waals surface area contributed by atoms with Gasteiger partial charge in [-0.25, -0.2) is 19.6 Å². The van der Waals surface area contributed by atoms with E-state index in [1.54, 1.807) is 30.3 Å². The molecule has 11 aliphatic rings. The molecule has 3 N–H and O–H groups in total. The van der Waals surface area contributed by atoms with Crippen LogP contribution in [0.1, 0.15) is 238 Å². The van der Waals surface area contributed by atoms with E-state index in [1.165, 1.54) is 166 Å². The van der Waals surface area contributed by atoms with Gasteiger partial charge in [-0.05, 0) is 205 Å². The first kappa shape index (κ1) is 67.7. The number of hydrogen-bond acceptors (Lipinski definition) is 11. The van der Waals surface area contributed by atoms with Crippen molar-refractivity contribution in [3.8, 4) is 17.2 Å². The second-order valence-electron chi connectivity index (χ2n) is 25.6. The molecule has 2 aliphatic heterocycles. The molecule has 16 atom stereocenters. The van der Waals surface area contributed by atoms with Gasteiger partial charge in [0, 0.05) is 17.4 Å². The first-order valence-electron chi connectivity index (χ1n) is 32.7. The third-order valence-corrected chi connectivity index (χ3v) is 22.3. The molecule has 6 bridgehead atoms. The number of phenolic OH excluding ortho intramolecular Hbond substituents is 2.